The summed E-state index contributed by atoms with van der Waals surface area (Å²) in [5.74, 6) is 0.940. The zero-order chi connectivity index (χ0) is 17.1. The lowest BCUT2D eigenvalue weighted by Crippen LogP contribution is -2.51. The Bertz CT molecular complexity index is 569. The maximum atomic E-state index is 12.0. The van der Waals surface area contributed by atoms with Crippen molar-refractivity contribution in [2.24, 2.45) is 5.92 Å². The van der Waals surface area contributed by atoms with E-state index < -0.39 is 0 Å². The van der Waals surface area contributed by atoms with Crippen LogP contribution in [0.3, 0.4) is 0 Å². The fourth-order valence-electron chi connectivity index (χ4n) is 3.82. The molecular weight excluding hydrogens is 322 g/mol. The zero-order valence-electron chi connectivity index (χ0n) is 14.7. The highest BCUT2D eigenvalue weighted by Crippen LogP contribution is 2.23. The Morgan fingerprint density at radius 3 is 2.62 bits per heavy atom. The number of carbonyl (C=O) groups is 1. The van der Waals surface area contributed by atoms with Crippen LogP contribution in [0.15, 0.2) is 24.3 Å². The monoisotopic (exact) mass is 349 g/mol. The molecule has 0 saturated carbocycles. The molecule has 132 valence electrons. The van der Waals surface area contributed by atoms with Gasteiger partial charge >= 0.3 is 0 Å². The molecule has 2 aliphatic heterocycles. The summed E-state index contributed by atoms with van der Waals surface area (Å²) >= 11 is 6.10. The number of hydrogen-bond acceptors (Lipinski definition) is 3. The molecule has 2 saturated heterocycles. The van der Waals surface area contributed by atoms with Gasteiger partial charge in [-0.15, -0.1) is 0 Å². The molecule has 0 N–H and O–H groups in total. The van der Waals surface area contributed by atoms with Crippen LogP contribution in [0.1, 0.15) is 26.7 Å². The lowest BCUT2D eigenvalue weighted by molar-refractivity contribution is -0.136. The number of amides is 1. The van der Waals surface area contributed by atoms with Gasteiger partial charge in [-0.2, -0.15) is 0 Å². The van der Waals surface area contributed by atoms with Gasteiger partial charge in [-0.25, -0.2) is 0 Å². The van der Waals surface area contributed by atoms with E-state index in [0.717, 1.165) is 50.7 Å². The van der Waals surface area contributed by atoms with Crippen molar-refractivity contribution in [3.05, 3.63) is 29.3 Å². The number of piperazine rings is 1. The Morgan fingerprint density at radius 2 is 1.96 bits per heavy atom. The number of benzene rings is 1. The smallest absolute Gasteiger partial charge is 0.222 e. The first kappa shape index (κ1) is 17.6. The first-order chi connectivity index (χ1) is 11.5. The van der Waals surface area contributed by atoms with Crippen LogP contribution >= 0.6 is 11.6 Å². The largest absolute Gasteiger partial charge is 0.369 e. The molecule has 1 aromatic rings. The Balaban J connectivity index is 1.49. The highest BCUT2D eigenvalue weighted by atomic mass is 35.5. The van der Waals surface area contributed by atoms with Crippen molar-refractivity contribution >= 4 is 23.2 Å². The van der Waals surface area contributed by atoms with Gasteiger partial charge in [0.05, 0.1) is 0 Å². The molecule has 0 aliphatic carbocycles. The second kappa shape index (κ2) is 7.75. The van der Waals surface area contributed by atoms with E-state index in [4.69, 9.17) is 11.6 Å². The number of piperidine rings is 1. The Labute approximate surface area is 150 Å². The average Bonchev–Trinajstić information content (AvgIpc) is 2.57. The summed E-state index contributed by atoms with van der Waals surface area (Å²) in [6, 6.07) is 8.44. The molecular formula is C19H28ClN3O. The van der Waals surface area contributed by atoms with E-state index in [9.17, 15) is 4.79 Å². The van der Waals surface area contributed by atoms with E-state index in [1.54, 1.807) is 0 Å². The normalized spacial score (nSPS) is 23.2. The van der Waals surface area contributed by atoms with Crippen molar-refractivity contribution < 1.29 is 4.79 Å². The highest BCUT2D eigenvalue weighted by Gasteiger charge is 2.29. The van der Waals surface area contributed by atoms with E-state index in [2.05, 4.69) is 34.6 Å². The van der Waals surface area contributed by atoms with Crippen molar-refractivity contribution in [3.8, 4) is 0 Å². The first-order valence-corrected chi connectivity index (χ1v) is 9.43. The van der Waals surface area contributed by atoms with Gasteiger partial charge in [-0.3, -0.25) is 9.69 Å². The van der Waals surface area contributed by atoms with E-state index in [1.165, 1.54) is 5.69 Å². The van der Waals surface area contributed by atoms with Gasteiger partial charge in [-0.05, 0) is 44.4 Å². The predicted molar refractivity (Wildman–Crippen MR) is 99.7 cm³/mol. The van der Waals surface area contributed by atoms with Crippen LogP contribution in [-0.4, -0.2) is 61.0 Å². The molecule has 1 aromatic carbocycles. The number of hydrogen-bond donors (Lipinski definition) is 0. The SMILES string of the molecule is CC(C)N1CC(CN2CCN(c3cccc(Cl)c3)CC2)CCC1=O. The summed E-state index contributed by atoms with van der Waals surface area (Å²) < 4.78 is 0. The zero-order valence-corrected chi connectivity index (χ0v) is 15.5. The molecule has 5 heteroatoms. The topological polar surface area (TPSA) is 26.8 Å². The number of halogens is 1. The van der Waals surface area contributed by atoms with Crippen LogP contribution < -0.4 is 4.90 Å². The Hall–Kier alpha value is -1.26. The molecule has 1 unspecified atom stereocenters. The molecule has 0 bridgehead atoms. The highest BCUT2D eigenvalue weighted by molar-refractivity contribution is 6.30. The van der Waals surface area contributed by atoms with Crippen LogP contribution in [0.4, 0.5) is 5.69 Å². The van der Waals surface area contributed by atoms with Crippen molar-refractivity contribution in [2.45, 2.75) is 32.7 Å². The van der Waals surface area contributed by atoms with Crippen LogP contribution in [0.2, 0.25) is 5.02 Å². The van der Waals surface area contributed by atoms with Gasteiger partial charge in [0, 0.05) is 62.4 Å². The summed E-state index contributed by atoms with van der Waals surface area (Å²) in [5.41, 5.74) is 1.22. The average molecular weight is 350 g/mol. The molecule has 24 heavy (non-hydrogen) atoms. The molecule has 3 rings (SSSR count). The number of carbonyl (C=O) groups excluding carboxylic acids is 1. The minimum Gasteiger partial charge on any atom is -0.369 e. The van der Waals surface area contributed by atoms with Crippen LogP contribution in [0.25, 0.3) is 0 Å². The minimum atomic E-state index is 0.319. The van der Waals surface area contributed by atoms with Crippen LogP contribution in [0.5, 0.6) is 0 Å². The Morgan fingerprint density at radius 1 is 1.21 bits per heavy atom. The quantitative estimate of drug-likeness (QED) is 0.835. The molecule has 0 spiro atoms. The predicted octanol–water partition coefficient (Wildman–Crippen LogP) is 3.11. The molecule has 2 aliphatic rings. The van der Waals surface area contributed by atoms with Crippen LogP contribution in [0, 0.1) is 5.92 Å². The van der Waals surface area contributed by atoms with Gasteiger partial charge < -0.3 is 9.80 Å². The molecule has 0 radical (unpaired) electrons. The summed E-state index contributed by atoms with van der Waals surface area (Å²) in [7, 11) is 0. The maximum Gasteiger partial charge on any atom is 0.222 e. The van der Waals surface area contributed by atoms with Gasteiger partial charge in [0.1, 0.15) is 0 Å². The number of rotatable bonds is 4. The summed E-state index contributed by atoms with van der Waals surface area (Å²) in [5, 5.41) is 0.801. The second-order valence-electron chi connectivity index (χ2n) is 7.31. The van der Waals surface area contributed by atoms with Crippen molar-refractivity contribution in [3.63, 3.8) is 0 Å². The summed E-state index contributed by atoms with van der Waals surface area (Å²) in [4.78, 5) is 19.0. The fraction of sp³-hybridized carbons (Fsp3) is 0.632. The van der Waals surface area contributed by atoms with E-state index in [1.807, 2.05) is 18.2 Å². The summed E-state index contributed by atoms with van der Waals surface area (Å²) in [6.45, 7) is 10.5. The summed E-state index contributed by atoms with van der Waals surface area (Å²) in [6.07, 6.45) is 1.75. The van der Waals surface area contributed by atoms with Crippen molar-refractivity contribution in [2.75, 3.05) is 44.2 Å². The lowest BCUT2D eigenvalue weighted by atomic mass is 9.95. The molecule has 2 fully saturated rings. The fourth-order valence-corrected chi connectivity index (χ4v) is 4.00. The minimum absolute atomic E-state index is 0.319. The van der Waals surface area contributed by atoms with Gasteiger partial charge in [0.15, 0.2) is 0 Å². The number of likely N-dealkylation sites (tertiary alicyclic amines) is 1. The Kier molecular flexibility index (Phi) is 5.67. The van der Waals surface area contributed by atoms with Gasteiger partial charge in [-0.1, -0.05) is 17.7 Å². The third kappa shape index (κ3) is 4.22. The van der Waals surface area contributed by atoms with Crippen molar-refractivity contribution in [1.29, 1.82) is 0 Å². The number of anilines is 1. The molecule has 1 atom stereocenters. The molecule has 0 aromatic heterocycles. The first-order valence-electron chi connectivity index (χ1n) is 9.05. The lowest BCUT2D eigenvalue weighted by Gasteiger charge is -2.41. The van der Waals surface area contributed by atoms with E-state index in [0.29, 0.717) is 24.3 Å². The molecule has 1 amide bonds. The van der Waals surface area contributed by atoms with Crippen LogP contribution in [-0.2, 0) is 4.79 Å². The van der Waals surface area contributed by atoms with E-state index in [-0.39, 0.29) is 0 Å². The maximum absolute atomic E-state index is 12.0. The standard InChI is InChI=1S/C19H28ClN3O/c1-15(2)23-14-16(6-7-19(23)24)13-21-8-10-22(11-9-21)18-5-3-4-17(20)12-18/h3-5,12,15-16H,6-11,13-14H2,1-2H3. The third-order valence-corrected chi connectivity index (χ3v) is 5.46. The third-order valence-electron chi connectivity index (χ3n) is 5.23. The van der Waals surface area contributed by atoms with Crippen molar-refractivity contribution in [1.82, 2.24) is 9.80 Å². The molecule has 2 heterocycles. The molecule has 4 nitrogen and oxygen atoms in total. The van der Waals surface area contributed by atoms with Gasteiger partial charge in [0.25, 0.3) is 0 Å². The van der Waals surface area contributed by atoms with Gasteiger partial charge in [0.2, 0.25) is 5.91 Å². The van der Waals surface area contributed by atoms with E-state index >= 15 is 0 Å². The second-order valence-corrected chi connectivity index (χ2v) is 7.75. The number of nitrogens with zero attached hydrogens (tertiary/aromatic N) is 3.